The van der Waals surface area contributed by atoms with Crippen molar-refractivity contribution in [2.45, 2.75) is 6.92 Å². The van der Waals surface area contributed by atoms with Gasteiger partial charge in [0.15, 0.2) is 0 Å². The lowest BCUT2D eigenvalue weighted by atomic mass is 10.0. The van der Waals surface area contributed by atoms with Gasteiger partial charge in [-0.1, -0.05) is 60.7 Å². The van der Waals surface area contributed by atoms with Crippen LogP contribution < -0.4 is 0 Å². The third-order valence-electron chi connectivity index (χ3n) is 3.27. The van der Waals surface area contributed by atoms with Crippen LogP contribution in [-0.2, 0) is 0 Å². The van der Waals surface area contributed by atoms with Gasteiger partial charge in [0.1, 0.15) is 0 Å². The molecule has 1 aromatic heterocycles. The predicted octanol–water partition coefficient (Wildman–Crippen LogP) is 4.72. The SMILES string of the molecule is Cc1cc(-c2ccccc2)ncc1-c1ccccc1. The normalized spacial score (nSPS) is 10.4. The molecule has 0 aliphatic carbocycles. The van der Waals surface area contributed by atoms with Gasteiger partial charge in [-0.05, 0) is 24.1 Å². The zero-order valence-electron chi connectivity index (χ0n) is 10.9. The lowest BCUT2D eigenvalue weighted by Gasteiger charge is -2.08. The number of aryl methyl sites for hydroxylation is 1. The molecule has 0 spiro atoms. The maximum atomic E-state index is 4.59. The molecule has 0 aliphatic rings. The number of hydrogen-bond donors (Lipinski definition) is 0. The number of benzene rings is 2. The molecular weight excluding hydrogens is 230 g/mol. The van der Waals surface area contributed by atoms with E-state index in [1.807, 2.05) is 30.5 Å². The maximum absolute atomic E-state index is 4.59. The largest absolute Gasteiger partial charge is 0.256 e. The molecule has 0 bridgehead atoms. The number of pyridine rings is 1. The van der Waals surface area contributed by atoms with Crippen LogP contribution in [0, 0.1) is 6.92 Å². The molecule has 1 nitrogen and oxygen atoms in total. The highest BCUT2D eigenvalue weighted by atomic mass is 14.7. The van der Waals surface area contributed by atoms with Gasteiger partial charge < -0.3 is 0 Å². The standard InChI is InChI=1S/C18H15N/c1-14-12-18(16-10-6-3-7-11-16)19-13-17(14)15-8-4-2-5-9-15/h2-13H,1H3. The van der Waals surface area contributed by atoms with Gasteiger partial charge in [0.05, 0.1) is 5.69 Å². The molecule has 0 atom stereocenters. The Morgan fingerprint density at radius 1 is 0.737 bits per heavy atom. The van der Waals surface area contributed by atoms with E-state index in [2.05, 4.69) is 54.4 Å². The highest BCUT2D eigenvalue weighted by molar-refractivity contribution is 5.70. The fourth-order valence-corrected chi connectivity index (χ4v) is 2.24. The number of rotatable bonds is 2. The summed E-state index contributed by atoms with van der Waals surface area (Å²) in [4.78, 5) is 4.59. The minimum Gasteiger partial charge on any atom is -0.256 e. The minimum absolute atomic E-state index is 1.03. The first-order chi connectivity index (χ1) is 9.34. The lowest BCUT2D eigenvalue weighted by molar-refractivity contribution is 1.29. The highest BCUT2D eigenvalue weighted by Crippen LogP contribution is 2.26. The van der Waals surface area contributed by atoms with Crippen molar-refractivity contribution in [3.05, 3.63) is 78.5 Å². The third kappa shape index (κ3) is 2.41. The van der Waals surface area contributed by atoms with E-state index in [1.54, 1.807) is 0 Å². The first kappa shape index (κ1) is 11.7. The third-order valence-corrected chi connectivity index (χ3v) is 3.27. The molecule has 0 saturated carbocycles. The summed E-state index contributed by atoms with van der Waals surface area (Å²) in [5, 5.41) is 0. The van der Waals surface area contributed by atoms with Crippen LogP contribution in [0.4, 0.5) is 0 Å². The summed E-state index contributed by atoms with van der Waals surface area (Å²) in [6, 6.07) is 22.8. The fraction of sp³-hybridized carbons (Fsp3) is 0.0556. The van der Waals surface area contributed by atoms with Crippen molar-refractivity contribution in [1.29, 1.82) is 0 Å². The summed E-state index contributed by atoms with van der Waals surface area (Å²) >= 11 is 0. The summed E-state index contributed by atoms with van der Waals surface area (Å²) in [6.07, 6.45) is 1.97. The zero-order chi connectivity index (χ0) is 13.1. The molecule has 0 fully saturated rings. The topological polar surface area (TPSA) is 12.9 Å². The van der Waals surface area contributed by atoms with Crippen molar-refractivity contribution < 1.29 is 0 Å². The predicted molar refractivity (Wildman–Crippen MR) is 79.8 cm³/mol. The summed E-state index contributed by atoms with van der Waals surface area (Å²) in [6.45, 7) is 2.14. The van der Waals surface area contributed by atoms with Crippen molar-refractivity contribution in [1.82, 2.24) is 4.98 Å². The smallest absolute Gasteiger partial charge is 0.0705 e. The Kier molecular flexibility index (Phi) is 3.11. The van der Waals surface area contributed by atoms with Crippen LogP contribution in [0.5, 0.6) is 0 Å². The molecule has 0 unspecified atom stereocenters. The van der Waals surface area contributed by atoms with Gasteiger partial charge in [0.25, 0.3) is 0 Å². The molecule has 0 radical (unpaired) electrons. The molecule has 92 valence electrons. The van der Waals surface area contributed by atoms with Crippen LogP contribution >= 0.6 is 0 Å². The van der Waals surface area contributed by atoms with E-state index in [9.17, 15) is 0 Å². The van der Waals surface area contributed by atoms with E-state index in [-0.39, 0.29) is 0 Å². The number of nitrogens with zero attached hydrogens (tertiary/aromatic N) is 1. The first-order valence-electron chi connectivity index (χ1n) is 6.42. The van der Waals surface area contributed by atoms with Gasteiger partial charge in [0.2, 0.25) is 0 Å². The van der Waals surface area contributed by atoms with Gasteiger partial charge >= 0.3 is 0 Å². The van der Waals surface area contributed by atoms with Gasteiger partial charge in [-0.25, -0.2) is 0 Å². The van der Waals surface area contributed by atoms with E-state index < -0.39 is 0 Å². The second-order valence-electron chi connectivity index (χ2n) is 4.62. The zero-order valence-corrected chi connectivity index (χ0v) is 10.9. The van der Waals surface area contributed by atoms with Gasteiger partial charge in [0, 0.05) is 17.3 Å². The van der Waals surface area contributed by atoms with Crippen molar-refractivity contribution in [2.24, 2.45) is 0 Å². The van der Waals surface area contributed by atoms with Crippen LogP contribution in [-0.4, -0.2) is 4.98 Å². The van der Waals surface area contributed by atoms with Gasteiger partial charge in [-0.3, -0.25) is 4.98 Å². The molecule has 3 rings (SSSR count). The summed E-state index contributed by atoms with van der Waals surface area (Å²) in [5.74, 6) is 0. The molecular formula is C18H15N. The Bertz CT molecular complexity index is 673. The Hall–Kier alpha value is -2.41. The molecule has 0 aliphatic heterocycles. The molecule has 3 aromatic rings. The van der Waals surface area contributed by atoms with Crippen LogP contribution in [0.2, 0.25) is 0 Å². The minimum atomic E-state index is 1.03. The first-order valence-corrected chi connectivity index (χ1v) is 6.42. The van der Waals surface area contributed by atoms with E-state index in [0.29, 0.717) is 0 Å². The summed E-state index contributed by atoms with van der Waals surface area (Å²) in [7, 11) is 0. The van der Waals surface area contributed by atoms with Gasteiger partial charge in [-0.15, -0.1) is 0 Å². The van der Waals surface area contributed by atoms with Crippen molar-refractivity contribution in [3.63, 3.8) is 0 Å². The number of hydrogen-bond acceptors (Lipinski definition) is 1. The Balaban J connectivity index is 2.04. The van der Waals surface area contributed by atoms with Gasteiger partial charge in [-0.2, -0.15) is 0 Å². The quantitative estimate of drug-likeness (QED) is 0.636. The monoisotopic (exact) mass is 245 g/mol. The highest BCUT2D eigenvalue weighted by Gasteiger charge is 2.05. The van der Waals surface area contributed by atoms with Crippen LogP contribution in [0.1, 0.15) is 5.56 Å². The van der Waals surface area contributed by atoms with Crippen molar-refractivity contribution in [2.75, 3.05) is 0 Å². The van der Waals surface area contributed by atoms with E-state index in [0.717, 1.165) is 11.3 Å². The fourth-order valence-electron chi connectivity index (χ4n) is 2.24. The van der Waals surface area contributed by atoms with Crippen LogP contribution in [0.25, 0.3) is 22.4 Å². The van der Waals surface area contributed by atoms with Crippen molar-refractivity contribution in [3.8, 4) is 22.4 Å². The molecule has 2 aromatic carbocycles. The van der Waals surface area contributed by atoms with E-state index in [1.165, 1.54) is 16.7 Å². The molecule has 0 amide bonds. The summed E-state index contributed by atoms with van der Waals surface area (Å²) in [5.41, 5.74) is 5.84. The van der Waals surface area contributed by atoms with Crippen LogP contribution in [0.3, 0.4) is 0 Å². The maximum Gasteiger partial charge on any atom is 0.0705 e. The average molecular weight is 245 g/mol. The van der Waals surface area contributed by atoms with Crippen LogP contribution in [0.15, 0.2) is 72.9 Å². The number of aromatic nitrogens is 1. The Morgan fingerprint density at radius 3 is 1.89 bits per heavy atom. The van der Waals surface area contributed by atoms with E-state index in [4.69, 9.17) is 0 Å². The van der Waals surface area contributed by atoms with Crippen molar-refractivity contribution >= 4 is 0 Å². The summed E-state index contributed by atoms with van der Waals surface area (Å²) < 4.78 is 0. The van der Waals surface area contributed by atoms with E-state index >= 15 is 0 Å². The molecule has 0 saturated heterocycles. The second kappa shape index (κ2) is 5.07. The molecule has 1 heteroatoms. The molecule has 0 N–H and O–H groups in total. The molecule has 19 heavy (non-hydrogen) atoms. The Morgan fingerprint density at radius 2 is 1.32 bits per heavy atom. The molecule has 1 heterocycles. The lowest BCUT2D eigenvalue weighted by Crippen LogP contribution is -1.89. The average Bonchev–Trinajstić information content (AvgIpc) is 2.49. The second-order valence-corrected chi connectivity index (χ2v) is 4.62. The Labute approximate surface area is 113 Å².